The van der Waals surface area contributed by atoms with Gasteiger partial charge in [-0.05, 0) is 43.5 Å². The van der Waals surface area contributed by atoms with E-state index in [4.69, 9.17) is 0 Å². The first-order valence-electron chi connectivity index (χ1n) is 7.22. The third-order valence-corrected chi connectivity index (χ3v) is 3.68. The van der Waals surface area contributed by atoms with E-state index in [9.17, 15) is 4.79 Å². The Morgan fingerprint density at radius 3 is 2.48 bits per heavy atom. The Balaban J connectivity index is 1.92. The van der Waals surface area contributed by atoms with Gasteiger partial charge in [-0.2, -0.15) is 0 Å². The van der Waals surface area contributed by atoms with Gasteiger partial charge in [-0.25, -0.2) is 0 Å². The van der Waals surface area contributed by atoms with Gasteiger partial charge in [0.15, 0.2) is 0 Å². The van der Waals surface area contributed by atoms with Crippen molar-refractivity contribution in [3.8, 4) is 0 Å². The minimum atomic E-state index is -0.269. The van der Waals surface area contributed by atoms with Crippen LogP contribution in [0.25, 0.3) is 0 Å². The van der Waals surface area contributed by atoms with Crippen LogP contribution in [0.15, 0.2) is 48.5 Å². The number of anilines is 1. The van der Waals surface area contributed by atoms with Crippen molar-refractivity contribution in [1.82, 2.24) is 5.32 Å². The molecular formula is C18H22N2O. The summed E-state index contributed by atoms with van der Waals surface area (Å²) in [6, 6.07) is 15.7. The molecule has 0 spiro atoms. The number of carbonyl (C=O) groups is 1. The lowest BCUT2D eigenvalue weighted by Crippen LogP contribution is -2.37. The predicted molar refractivity (Wildman–Crippen MR) is 87.3 cm³/mol. The van der Waals surface area contributed by atoms with Crippen LogP contribution in [0.2, 0.25) is 0 Å². The van der Waals surface area contributed by atoms with Crippen molar-refractivity contribution in [3.05, 3.63) is 65.2 Å². The van der Waals surface area contributed by atoms with Crippen LogP contribution in [0.4, 0.5) is 5.69 Å². The second-order valence-electron chi connectivity index (χ2n) is 5.32. The summed E-state index contributed by atoms with van der Waals surface area (Å²) in [6.07, 6.45) is 0. The third-order valence-electron chi connectivity index (χ3n) is 3.68. The summed E-state index contributed by atoms with van der Waals surface area (Å²) in [4.78, 5) is 12.1. The summed E-state index contributed by atoms with van der Waals surface area (Å²) >= 11 is 0. The Bertz CT molecular complexity index is 608. The standard InChI is InChI=1S/C18H22N2O/c1-13-8-7-11-17(14(13)2)20-15(3)18(21)19-12-16-9-5-4-6-10-16/h4-11,15,20H,12H2,1-3H3,(H,19,21). The summed E-state index contributed by atoms with van der Waals surface area (Å²) in [7, 11) is 0. The zero-order valence-corrected chi connectivity index (χ0v) is 12.8. The average molecular weight is 282 g/mol. The zero-order chi connectivity index (χ0) is 15.2. The topological polar surface area (TPSA) is 41.1 Å². The summed E-state index contributed by atoms with van der Waals surface area (Å²) in [5.41, 5.74) is 4.51. The van der Waals surface area contributed by atoms with Gasteiger partial charge in [0.25, 0.3) is 0 Å². The monoisotopic (exact) mass is 282 g/mol. The molecule has 0 fully saturated rings. The van der Waals surface area contributed by atoms with Gasteiger partial charge in [0.1, 0.15) is 6.04 Å². The predicted octanol–water partition coefficient (Wildman–Crippen LogP) is 3.42. The number of amides is 1. The number of hydrogen-bond acceptors (Lipinski definition) is 2. The smallest absolute Gasteiger partial charge is 0.242 e. The van der Waals surface area contributed by atoms with Crippen LogP contribution < -0.4 is 10.6 Å². The summed E-state index contributed by atoms with van der Waals surface area (Å²) in [5, 5.41) is 6.23. The molecule has 0 radical (unpaired) electrons. The van der Waals surface area contributed by atoms with Crippen molar-refractivity contribution in [3.63, 3.8) is 0 Å². The van der Waals surface area contributed by atoms with Gasteiger partial charge in [-0.3, -0.25) is 4.79 Å². The molecule has 1 unspecified atom stereocenters. The minimum absolute atomic E-state index is 0.000223. The van der Waals surface area contributed by atoms with Gasteiger partial charge in [-0.1, -0.05) is 42.5 Å². The van der Waals surface area contributed by atoms with Gasteiger partial charge < -0.3 is 10.6 Å². The molecule has 1 atom stereocenters. The van der Waals surface area contributed by atoms with Crippen molar-refractivity contribution in [1.29, 1.82) is 0 Å². The molecule has 0 saturated carbocycles. The lowest BCUT2D eigenvalue weighted by molar-refractivity contribution is -0.121. The Kier molecular flexibility index (Phi) is 4.99. The second-order valence-corrected chi connectivity index (χ2v) is 5.32. The quantitative estimate of drug-likeness (QED) is 0.882. The molecule has 1 amide bonds. The maximum atomic E-state index is 12.1. The molecule has 0 heterocycles. The Labute approximate surface area is 126 Å². The van der Waals surface area contributed by atoms with Crippen LogP contribution in [0.3, 0.4) is 0 Å². The number of carbonyl (C=O) groups excluding carboxylic acids is 1. The largest absolute Gasteiger partial charge is 0.374 e. The zero-order valence-electron chi connectivity index (χ0n) is 12.8. The SMILES string of the molecule is Cc1cccc(NC(C)C(=O)NCc2ccccc2)c1C. The maximum Gasteiger partial charge on any atom is 0.242 e. The van der Waals surface area contributed by atoms with E-state index < -0.39 is 0 Å². The van der Waals surface area contributed by atoms with Gasteiger partial charge >= 0.3 is 0 Å². The molecule has 2 N–H and O–H groups in total. The van der Waals surface area contributed by atoms with Crippen molar-refractivity contribution in [2.45, 2.75) is 33.4 Å². The molecule has 21 heavy (non-hydrogen) atoms. The highest BCUT2D eigenvalue weighted by Gasteiger charge is 2.13. The summed E-state index contributed by atoms with van der Waals surface area (Å²) in [6.45, 7) is 6.56. The Morgan fingerprint density at radius 2 is 1.76 bits per heavy atom. The van der Waals surface area contributed by atoms with E-state index >= 15 is 0 Å². The number of nitrogens with one attached hydrogen (secondary N) is 2. The number of hydrogen-bond donors (Lipinski definition) is 2. The van der Waals surface area contributed by atoms with Crippen LogP contribution in [0, 0.1) is 13.8 Å². The molecule has 2 aromatic carbocycles. The molecule has 3 nitrogen and oxygen atoms in total. The normalized spacial score (nSPS) is 11.8. The first-order chi connectivity index (χ1) is 10.1. The van der Waals surface area contributed by atoms with Crippen molar-refractivity contribution < 1.29 is 4.79 Å². The van der Waals surface area contributed by atoms with Crippen LogP contribution in [-0.2, 0) is 11.3 Å². The van der Waals surface area contributed by atoms with Crippen molar-refractivity contribution >= 4 is 11.6 Å². The number of aryl methyl sites for hydroxylation is 1. The minimum Gasteiger partial charge on any atom is -0.374 e. The van der Waals surface area contributed by atoms with Gasteiger partial charge in [0, 0.05) is 12.2 Å². The van der Waals surface area contributed by atoms with E-state index in [0.29, 0.717) is 6.54 Å². The first-order valence-corrected chi connectivity index (χ1v) is 7.22. The summed E-state index contributed by atoms with van der Waals surface area (Å²) < 4.78 is 0. The number of benzene rings is 2. The molecular weight excluding hydrogens is 260 g/mol. The maximum absolute atomic E-state index is 12.1. The Hall–Kier alpha value is -2.29. The molecule has 0 saturated heterocycles. The van der Waals surface area contributed by atoms with E-state index in [1.165, 1.54) is 11.1 Å². The fourth-order valence-corrected chi connectivity index (χ4v) is 2.14. The van der Waals surface area contributed by atoms with Crippen molar-refractivity contribution in [2.24, 2.45) is 0 Å². The van der Waals surface area contributed by atoms with Crippen LogP contribution in [0.5, 0.6) is 0 Å². The number of rotatable bonds is 5. The molecule has 2 aromatic rings. The van der Waals surface area contributed by atoms with E-state index in [1.807, 2.05) is 49.4 Å². The summed E-state index contributed by atoms with van der Waals surface area (Å²) in [5.74, 6) is -0.000223. The van der Waals surface area contributed by atoms with Crippen molar-refractivity contribution in [2.75, 3.05) is 5.32 Å². The molecule has 0 aromatic heterocycles. The molecule has 2 rings (SSSR count). The van der Waals surface area contributed by atoms with E-state index in [2.05, 4.69) is 30.5 Å². The van der Waals surface area contributed by atoms with Crippen LogP contribution in [-0.4, -0.2) is 11.9 Å². The van der Waals surface area contributed by atoms with Crippen LogP contribution >= 0.6 is 0 Å². The Morgan fingerprint density at radius 1 is 1.05 bits per heavy atom. The van der Waals surface area contributed by atoms with E-state index in [0.717, 1.165) is 11.3 Å². The lowest BCUT2D eigenvalue weighted by Gasteiger charge is -2.17. The highest BCUT2D eigenvalue weighted by atomic mass is 16.2. The van der Waals surface area contributed by atoms with E-state index in [1.54, 1.807) is 0 Å². The molecule has 0 aliphatic heterocycles. The highest BCUT2D eigenvalue weighted by molar-refractivity contribution is 5.84. The highest BCUT2D eigenvalue weighted by Crippen LogP contribution is 2.18. The van der Waals surface area contributed by atoms with Crippen LogP contribution in [0.1, 0.15) is 23.6 Å². The molecule has 110 valence electrons. The third kappa shape index (κ3) is 4.09. The average Bonchev–Trinajstić information content (AvgIpc) is 2.50. The van der Waals surface area contributed by atoms with Gasteiger partial charge in [0.2, 0.25) is 5.91 Å². The fraction of sp³-hybridized carbons (Fsp3) is 0.278. The van der Waals surface area contributed by atoms with E-state index in [-0.39, 0.29) is 11.9 Å². The lowest BCUT2D eigenvalue weighted by atomic mass is 10.1. The van der Waals surface area contributed by atoms with Gasteiger partial charge in [-0.15, -0.1) is 0 Å². The first kappa shape index (κ1) is 15.1. The fourth-order valence-electron chi connectivity index (χ4n) is 2.14. The molecule has 0 bridgehead atoms. The molecule has 3 heteroatoms. The van der Waals surface area contributed by atoms with Gasteiger partial charge in [0.05, 0.1) is 0 Å². The second kappa shape index (κ2) is 6.93. The molecule has 0 aliphatic carbocycles. The molecule has 0 aliphatic rings.